The highest BCUT2D eigenvalue weighted by atomic mass is 32.2. The normalized spacial score (nSPS) is 11.1. The average Bonchev–Trinajstić information content (AvgIpc) is 2.61. The minimum absolute atomic E-state index is 0.0938. The highest BCUT2D eigenvalue weighted by Crippen LogP contribution is 2.19. The summed E-state index contributed by atoms with van der Waals surface area (Å²) in [5.74, 6) is -0.903. The number of carbonyl (C=O) groups is 2. The van der Waals surface area contributed by atoms with Gasteiger partial charge < -0.3 is 10.4 Å². The van der Waals surface area contributed by atoms with Crippen LogP contribution in [0.15, 0.2) is 53.4 Å². The van der Waals surface area contributed by atoms with Crippen LogP contribution in [-0.2, 0) is 26.0 Å². The molecule has 0 saturated heterocycles. The highest BCUT2D eigenvalue weighted by Gasteiger charge is 2.28. The number of amides is 2. The van der Waals surface area contributed by atoms with Gasteiger partial charge in [-0.3, -0.25) is 9.59 Å². The zero-order chi connectivity index (χ0) is 20.0. The van der Waals surface area contributed by atoms with Crippen LogP contribution in [0.2, 0.25) is 0 Å². The van der Waals surface area contributed by atoms with Gasteiger partial charge in [-0.05, 0) is 36.8 Å². The van der Waals surface area contributed by atoms with Gasteiger partial charge in [0, 0.05) is 12.6 Å². The van der Waals surface area contributed by atoms with Gasteiger partial charge >= 0.3 is 0 Å². The molecule has 0 aliphatic heterocycles. The zero-order valence-corrected chi connectivity index (χ0v) is 16.0. The molecule has 2 aromatic carbocycles. The van der Waals surface area contributed by atoms with E-state index in [4.69, 9.17) is 0 Å². The standard InChI is InChI=1S/C19H22N2O5S/c1-14-3-5-16(6-4-14)13-19(24)21(11-12-22)27(25,26)18-9-7-17(8-10-18)20-15(2)23/h3-10,22H,11-13H2,1-2H3,(H,20,23). The second kappa shape index (κ2) is 8.79. The molecule has 27 heavy (non-hydrogen) atoms. The van der Waals surface area contributed by atoms with E-state index in [1.807, 2.05) is 19.1 Å². The molecule has 0 saturated carbocycles. The largest absolute Gasteiger partial charge is 0.394 e. The second-order valence-electron chi connectivity index (χ2n) is 6.06. The van der Waals surface area contributed by atoms with Gasteiger partial charge in [0.05, 0.1) is 24.5 Å². The Morgan fingerprint density at radius 3 is 2.15 bits per heavy atom. The van der Waals surface area contributed by atoms with Gasteiger partial charge in [0.25, 0.3) is 10.0 Å². The first-order valence-corrected chi connectivity index (χ1v) is 9.77. The molecule has 0 atom stereocenters. The minimum atomic E-state index is -4.12. The van der Waals surface area contributed by atoms with Crippen LogP contribution in [0.4, 0.5) is 5.69 Å². The zero-order valence-electron chi connectivity index (χ0n) is 15.2. The number of hydrogen-bond donors (Lipinski definition) is 2. The van der Waals surface area contributed by atoms with E-state index in [-0.39, 0.29) is 23.8 Å². The van der Waals surface area contributed by atoms with Gasteiger partial charge in [-0.15, -0.1) is 0 Å². The van der Waals surface area contributed by atoms with Crippen molar-refractivity contribution in [3.63, 3.8) is 0 Å². The Kier molecular flexibility index (Phi) is 6.70. The minimum Gasteiger partial charge on any atom is -0.394 e. The number of nitrogens with zero attached hydrogens (tertiary/aromatic N) is 1. The fraction of sp³-hybridized carbons (Fsp3) is 0.263. The number of rotatable bonds is 7. The summed E-state index contributed by atoms with van der Waals surface area (Å²) in [4.78, 5) is 23.6. The maximum Gasteiger partial charge on any atom is 0.266 e. The quantitative estimate of drug-likeness (QED) is 0.749. The Morgan fingerprint density at radius 2 is 1.63 bits per heavy atom. The fourth-order valence-electron chi connectivity index (χ4n) is 2.48. The van der Waals surface area contributed by atoms with Crippen molar-refractivity contribution in [2.24, 2.45) is 0 Å². The van der Waals surface area contributed by atoms with Crippen LogP contribution in [0.3, 0.4) is 0 Å². The predicted octanol–water partition coefficient (Wildman–Crippen LogP) is 1.71. The molecule has 2 aromatic rings. The van der Waals surface area contributed by atoms with Crippen molar-refractivity contribution in [2.45, 2.75) is 25.2 Å². The van der Waals surface area contributed by atoms with E-state index in [2.05, 4.69) is 5.32 Å². The first-order valence-electron chi connectivity index (χ1n) is 8.33. The molecule has 8 heteroatoms. The summed E-state index contributed by atoms with van der Waals surface area (Å²) in [6, 6.07) is 12.7. The number of aryl methyl sites for hydroxylation is 1. The molecule has 0 unspecified atom stereocenters. The van der Waals surface area contributed by atoms with Crippen molar-refractivity contribution in [1.82, 2.24) is 4.31 Å². The molecular weight excluding hydrogens is 368 g/mol. The molecule has 0 radical (unpaired) electrons. The molecule has 0 fully saturated rings. The summed E-state index contributed by atoms with van der Waals surface area (Å²) in [6.07, 6.45) is -0.0938. The molecule has 0 spiro atoms. The van der Waals surface area contributed by atoms with E-state index in [9.17, 15) is 23.1 Å². The van der Waals surface area contributed by atoms with Crippen LogP contribution in [0, 0.1) is 6.92 Å². The van der Waals surface area contributed by atoms with E-state index in [0.717, 1.165) is 5.56 Å². The van der Waals surface area contributed by atoms with Crippen LogP contribution in [0.5, 0.6) is 0 Å². The molecule has 2 rings (SSSR count). The van der Waals surface area contributed by atoms with Gasteiger partial charge in [0.1, 0.15) is 0 Å². The molecule has 144 valence electrons. The van der Waals surface area contributed by atoms with E-state index in [1.165, 1.54) is 31.2 Å². The first-order chi connectivity index (χ1) is 12.7. The Balaban J connectivity index is 2.25. The summed E-state index contributed by atoms with van der Waals surface area (Å²) < 4.78 is 26.4. The molecule has 0 bridgehead atoms. The Labute approximate surface area is 158 Å². The lowest BCUT2D eigenvalue weighted by atomic mass is 10.1. The van der Waals surface area contributed by atoms with E-state index in [1.54, 1.807) is 12.1 Å². The monoisotopic (exact) mass is 390 g/mol. The van der Waals surface area contributed by atoms with Crippen LogP contribution >= 0.6 is 0 Å². The smallest absolute Gasteiger partial charge is 0.266 e. The van der Waals surface area contributed by atoms with Crippen LogP contribution in [0.25, 0.3) is 0 Å². The summed E-state index contributed by atoms with van der Waals surface area (Å²) in [5.41, 5.74) is 2.16. The molecule has 2 amide bonds. The molecule has 0 aliphatic carbocycles. The Bertz CT molecular complexity index is 906. The van der Waals surface area contributed by atoms with Gasteiger partial charge in [0.15, 0.2) is 0 Å². The number of sulfonamides is 1. The van der Waals surface area contributed by atoms with Crippen molar-refractivity contribution in [2.75, 3.05) is 18.5 Å². The van der Waals surface area contributed by atoms with Crippen molar-refractivity contribution in [3.05, 3.63) is 59.7 Å². The SMILES string of the molecule is CC(=O)Nc1ccc(S(=O)(=O)N(CCO)C(=O)Cc2ccc(C)cc2)cc1. The third kappa shape index (κ3) is 5.38. The van der Waals surface area contributed by atoms with Crippen LogP contribution in [0.1, 0.15) is 18.1 Å². The fourth-order valence-corrected chi connectivity index (χ4v) is 3.87. The Morgan fingerprint density at radius 1 is 1.04 bits per heavy atom. The van der Waals surface area contributed by atoms with Gasteiger partial charge in [-0.1, -0.05) is 29.8 Å². The number of aliphatic hydroxyl groups excluding tert-OH is 1. The van der Waals surface area contributed by atoms with E-state index >= 15 is 0 Å². The van der Waals surface area contributed by atoms with Crippen molar-refractivity contribution in [1.29, 1.82) is 0 Å². The van der Waals surface area contributed by atoms with E-state index in [0.29, 0.717) is 15.6 Å². The van der Waals surface area contributed by atoms with E-state index < -0.39 is 22.5 Å². The number of benzene rings is 2. The second-order valence-corrected chi connectivity index (χ2v) is 7.92. The molecule has 0 aromatic heterocycles. The molecule has 0 aliphatic rings. The molecule has 0 heterocycles. The maximum atomic E-state index is 12.8. The predicted molar refractivity (Wildman–Crippen MR) is 102 cm³/mol. The van der Waals surface area contributed by atoms with Gasteiger partial charge in [0.2, 0.25) is 11.8 Å². The number of anilines is 1. The highest BCUT2D eigenvalue weighted by molar-refractivity contribution is 7.89. The summed E-state index contributed by atoms with van der Waals surface area (Å²) in [6.45, 7) is 2.44. The number of nitrogens with one attached hydrogen (secondary N) is 1. The van der Waals surface area contributed by atoms with Gasteiger partial charge in [-0.2, -0.15) is 0 Å². The van der Waals surface area contributed by atoms with Crippen LogP contribution < -0.4 is 5.32 Å². The van der Waals surface area contributed by atoms with Crippen molar-refractivity contribution < 1.29 is 23.1 Å². The number of aliphatic hydroxyl groups is 1. The third-order valence-electron chi connectivity index (χ3n) is 3.82. The topological polar surface area (TPSA) is 104 Å². The first kappa shape index (κ1) is 20.6. The average molecular weight is 390 g/mol. The van der Waals surface area contributed by atoms with Crippen molar-refractivity contribution >= 4 is 27.5 Å². The summed E-state index contributed by atoms with van der Waals surface area (Å²) >= 11 is 0. The number of hydrogen-bond acceptors (Lipinski definition) is 5. The summed E-state index contributed by atoms with van der Waals surface area (Å²) in [5, 5.41) is 11.8. The lowest BCUT2D eigenvalue weighted by molar-refractivity contribution is -0.126. The molecule has 7 nitrogen and oxygen atoms in total. The molecular formula is C19H22N2O5S. The molecule has 2 N–H and O–H groups in total. The van der Waals surface area contributed by atoms with Crippen LogP contribution in [-0.4, -0.2) is 42.8 Å². The van der Waals surface area contributed by atoms with Crippen molar-refractivity contribution in [3.8, 4) is 0 Å². The van der Waals surface area contributed by atoms with Gasteiger partial charge in [-0.25, -0.2) is 12.7 Å². The third-order valence-corrected chi connectivity index (χ3v) is 5.65. The number of carbonyl (C=O) groups excluding carboxylic acids is 2. The lowest BCUT2D eigenvalue weighted by Crippen LogP contribution is -2.39. The Hall–Kier alpha value is -2.71. The lowest BCUT2D eigenvalue weighted by Gasteiger charge is -2.22. The maximum absolute atomic E-state index is 12.8. The summed E-state index contributed by atoms with van der Waals surface area (Å²) in [7, 11) is -4.12.